The Labute approximate surface area is 105 Å². The highest BCUT2D eigenvalue weighted by molar-refractivity contribution is 6.31. The minimum Gasteiger partial charge on any atom is -0.456 e. The Hall–Kier alpha value is -1.58. The third kappa shape index (κ3) is 3.19. The molecule has 0 fully saturated rings. The minimum atomic E-state index is 0.586. The standard InChI is InChI=1S/C13H13ClN2O/c14-13-8-11(4-3-10(13)5-6-15)17-12-2-1-7-16-9-12/h1-4,7-9H,5-6,15H2. The van der Waals surface area contributed by atoms with Crippen molar-refractivity contribution in [1.29, 1.82) is 0 Å². The van der Waals surface area contributed by atoms with Gasteiger partial charge in [0.25, 0.3) is 0 Å². The molecule has 17 heavy (non-hydrogen) atoms. The molecule has 1 aromatic heterocycles. The van der Waals surface area contributed by atoms with Gasteiger partial charge < -0.3 is 10.5 Å². The number of hydrogen-bond donors (Lipinski definition) is 1. The van der Waals surface area contributed by atoms with Gasteiger partial charge in [0.1, 0.15) is 11.5 Å². The second-order valence-electron chi connectivity index (χ2n) is 3.58. The number of ether oxygens (including phenoxy) is 1. The van der Waals surface area contributed by atoms with Crippen molar-refractivity contribution in [3.63, 3.8) is 0 Å². The topological polar surface area (TPSA) is 48.1 Å². The summed E-state index contributed by atoms with van der Waals surface area (Å²) in [4.78, 5) is 3.98. The van der Waals surface area contributed by atoms with E-state index in [9.17, 15) is 0 Å². The van der Waals surface area contributed by atoms with Crippen LogP contribution in [-0.2, 0) is 6.42 Å². The van der Waals surface area contributed by atoms with E-state index in [1.807, 2.05) is 24.3 Å². The maximum absolute atomic E-state index is 6.12. The Kier molecular flexibility index (Phi) is 3.96. The largest absolute Gasteiger partial charge is 0.456 e. The summed E-state index contributed by atoms with van der Waals surface area (Å²) in [6, 6.07) is 9.26. The first kappa shape index (κ1) is 11.9. The van der Waals surface area contributed by atoms with Crippen molar-refractivity contribution >= 4 is 11.6 Å². The van der Waals surface area contributed by atoms with E-state index in [0.717, 1.165) is 12.0 Å². The molecule has 0 aliphatic rings. The third-order valence-corrected chi connectivity index (χ3v) is 2.66. The number of rotatable bonds is 4. The van der Waals surface area contributed by atoms with Crippen LogP contribution in [0.25, 0.3) is 0 Å². The molecule has 2 rings (SSSR count). The molecule has 0 unspecified atom stereocenters. The molecule has 0 radical (unpaired) electrons. The molecule has 0 atom stereocenters. The molecule has 0 amide bonds. The van der Waals surface area contributed by atoms with Crippen LogP contribution in [0, 0.1) is 0 Å². The Morgan fingerprint density at radius 1 is 1.24 bits per heavy atom. The summed E-state index contributed by atoms with van der Waals surface area (Å²) in [6.45, 7) is 0.586. The van der Waals surface area contributed by atoms with Gasteiger partial charge in [-0.1, -0.05) is 17.7 Å². The summed E-state index contributed by atoms with van der Waals surface area (Å²) in [7, 11) is 0. The van der Waals surface area contributed by atoms with Crippen molar-refractivity contribution in [2.75, 3.05) is 6.54 Å². The fourth-order valence-electron chi connectivity index (χ4n) is 1.49. The van der Waals surface area contributed by atoms with Crippen molar-refractivity contribution in [3.8, 4) is 11.5 Å². The first-order chi connectivity index (χ1) is 8.29. The number of aromatic nitrogens is 1. The lowest BCUT2D eigenvalue weighted by atomic mass is 10.1. The van der Waals surface area contributed by atoms with Crippen LogP contribution in [0.4, 0.5) is 0 Å². The zero-order valence-corrected chi connectivity index (χ0v) is 10.0. The number of hydrogen-bond acceptors (Lipinski definition) is 3. The SMILES string of the molecule is NCCc1ccc(Oc2cccnc2)cc1Cl. The van der Waals surface area contributed by atoms with Crippen LogP contribution in [0.15, 0.2) is 42.7 Å². The van der Waals surface area contributed by atoms with Crippen molar-refractivity contribution in [1.82, 2.24) is 4.98 Å². The average molecular weight is 249 g/mol. The van der Waals surface area contributed by atoms with Gasteiger partial charge in [0.2, 0.25) is 0 Å². The van der Waals surface area contributed by atoms with Crippen molar-refractivity contribution in [3.05, 3.63) is 53.3 Å². The summed E-state index contributed by atoms with van der Waals surface area (Å²) in [6.07, 6.45) is 4.12. The van der Waals surface area contributed by atoms with Gasteiger partial charge in [-0.3, -0.25) is 4.98 Å². The van der Waals surface area contributed by atoms with E-state index in [1.54, 1.807) is 18.5 Å². The highest BCUT2D eigenvalue weighted by atomic mass is 35.5. The Bertz CT molecular complexity index is 488. The monoisotopic (exact) mass is 248 g/mol. The zero-order valence-electron chi connectivity index (χ0n) is 9.27. The lowest BCUT2D eigenvalue weighted by molar-refractivity contribution is 0.480. The van der Waals surface area contributed by atoms with E-state index in [-0.39, 0.29) is 0 Å². The molecule has 0 saturated carbocycles. The molecule has 1 heterocycles. The van der Waals surface area contributed by atoms with Gasteiger partial charge in [-0.25, -0.2) is 0 Å². The Morgan fingerprint density at radius 2 is 2.12 bits per heavy atom. The van der Waals surface area contributed by atoms with Crippen LogP contribution in [0.3, 0.4) is 0 Å². The molecular formula is C13H13ClN2O. The second-order valence-corrected chi connectivity index (χ2v) is 3.99. The smallest absolute Gasteiger partial charge is 0.145 e. The number of halogens is 1. The number of nitrogens with two attached hydrogens (primary N) is 1. The molecule has 3 nitrogen and oxygen atoms in total. The lowest BCUT2D eigenvalue weighted by Gasteiger charge is -2.07. The summed E-state index contributed by atoms with van der Waals surface area (Å²) in [5.74, 6) is 1.39. The van der Waals surface area contributed by atoms with Crippen molar-refractivity contribution < 1.29 is 4.74 Å². The number of benzene rings is 1. The van der Waals surface area contributed by atoms with Gasteiger partial charge in [-0.05, 0) is 42.8 Å². The summed E-state index contributed by atoms with van der Waals surface area (Å²) < 4.78 is 5.61. The maximum Gasteiger partial charge on any atom is 0.145 e. The van der Waals surface area contributed by atoms with Crippen LogP contribution in [0.5, 0.6) is 11.5 Å². The fraction of sp³-hybridized carbons (Fsp3) is 0.154. The van der Waals surface area contributed by atoms with E-state index < -0.39 is 0 Å². The van der Waals surface area contributed by atoms with E-state index in [1.165, 1.54) is 0 Å². The fourth-order valence-corrected chi connectivity index (χ4v) is 1.76. The van der Waals surface area contributed by atoms with Gasteiger partial charge in [-0.2, -0.15) is 0 Å². The molecular weight excluding hydrogens is 236 g/mol. The molecule has 2 aromatic rings. The molecule has 0 aliphatic heterocycles. The first-order valence-electron chi connectivity index (χ1n) is 5.36. The highest BCUT2D eigenvalue weighted by Gasteiger charge is 2.03. The highest BCUT2D eigenvalue weighted by Crippen LogP contribution is 2.26. The van der Waals surface area contributed by atoms with Crippen LogP contribution in [0.2, 0.25) is 5.02 Å². The predicted molar refractivity (Wildman–Crippen MR) is 68.5 cm³/mol. The molecule has 88 valence electrons. The normalized spacial score (nSPS) is 10.2. The zero-order chi connectivity index (χ0) is 12.1. The van der Waals surface area contributed by atoms with Gasteiger partial charge in [0.15, 0.2) is 0 Å². The van der Waals surface area contributed by atoms with Crippen molar-refractivity contribution in [2.45, 2.75) is 6.42 Å². The molecule has 1 aromatic carbocycles. The van der Waals surface area contributed by atoms with Gasteiger partial charge in [-0.15, -0.1) is 0 Å². The molecule has 0 bridgehead atoms. The third-order valence-electron chi connectivity index (χ3n) is 2.31. The van der Waals surface area contributed by atoms with Gasteiger partial charge >= 0.3 is 0 Å². The minimum absolute atomic E-state index is 0.586. The van der Waals surface area contributed by atoms with Crippen LogP contribution in [-0.4, -0.2) is 11.5 Å². The lowest BCUT2D eigenvalue weighted by Crippen LogP contribution is -2.03. The summed E-state index contributed by atoms with van der Waals surface area (Å²) in [5, 5.41) is 0.678. The van der Waals surface area contributed by atoms with E-state index >= 15 is 0 Å². The maximum atomic E-state index is 6.12. The predicted octanol–water partition coefficient (Wildman–Crippen LogP) is 3.03. The quantitative estimate of drug-likeness (QED) is 0.905. The molecule has 0 spiro atoms. The van der Waals surface area contributed by atoms with Crippen LogP contribution < -0.4 is 10.5 Å². The number of nitrogens with zero attached hydrogens (tertiary/aromatic N) is 1. The Morgan fingerprint density at radius 3 is 2.76 bits per heavy atom. The van der Waals surface area contributed by atoms with Crippen LogP contribution >= 0.6 is 11.6 Å². The van der Waals surface area contributed by atoms with Gasteiger partial charge in [0.05, 0.1) is 6.20 Å². The molecule has 4 heteroatoms. The van der Waals surface area contributed by atoms with Gasteiger partial charge in [0, 0.05) is 11.2 Å². The summed E-state index contributed by atoms with van der Waals surface area (Å²) in [5.41, 5.74) is 6.53. The van der Waals surface area contributed by atoms with E-state index in [2.05, 4.69) is 4.98 Å². The Balaban J connectivity index is 2.15. The van der Waals surface area contributed by atoms with E-state index in [0.29, 0.717) is 23.1 Å². The summed E-state index contributed by atoms with van der Waals surface area (Å²) >= 11 is 6.12. The van der Waals surface area contributed by atoms with E-state index in [4.69, 9.17) is 22.1 Å². The number of pyridine rings is 1. The second kappa shape index (κ2) is 5.66. The average Bonchev–Trinajstić information content (AvgIpc) is 2.34. The molecule has 0 aliphatic carbocycles. The molecule has 0 saturated heterocycles. The van der Waals surface area contributed by atoms with Crippen molar-refractivity contribution in [2.24, 2.45) is 5.73 Å². The molecule has 2 N–H and O–H groups in total. The first-order valence-corrected chi connectivity index (χ1v) is 5.74. The van der Waals surface area contributed by atoms with Crippen LogP contribution in [0.1, 0.15) is 5.56 Å².